The van der Waals surface area contributed by atoms with Crippen LogP contribution in [0.25, 0.3) is 0 Å². The number of esters is 1. The fourth-order valence-electron chi connectivity index (χ4n) is 1.64. The summed E-state index contributed by atoms with van der Waals surface area (Å²) in [4.78, 5) is 22.8. The molecule has 1 aromatic carbocycles. The highest BCUT2D eigenvalue weighted by molar-refractivity contribution is 5.91. The molecule has 2 rings (SSSR count). The zero-order chi connectivity index (χ0) is 13.5. The second kappa shape index (κ2) is 6.66. The molecule has 0 radical (unpaired) electrons. The van der Waals surface area contributed by atoms with Gasteiger partial charge in [-0.3, -0.25) is 4.79 Å². The Morgan fingerprint density at radius 1 is 0.842 bits per heavy atom. The third kappa shape index (κ3) is 4.19. The van der Waals surface area contributed by atoms with Gasteiger partial charge in [0.25, 0.3) is 0 Å². The largest absolute Gasteiger partial charge is 0.458 e. The van der Waals surface area contributed by atoms with E-state index < -0.39 is 5.97 Å². The minimum absolute atomic E-state index is 0.0213. The minimum atomic E-state index is -0.438. The van der Waals surface area contributed by atoms with Crippen molar-refractivity contribution < 1.29 is 19.1 Å². The van der Waals surface area contributed by atoms with Crippen LogP contribution in [0.1, 0.15) is 11.1 Å². The van der Waals surface area contributed by atoms with E-state index in [1.807, 2.05) is 24.3 Å². The van der Waals surface area contributed by atoms with Crippen LogP contribution in [-0.2, 0) is 32.3 Å². The van der Waals surface area contributed by atoms with Crippen LogP contribution in [0, 0.1) is 0 Å². The molecular weight excluding hydrogens is 244 g/mol. The van der Waals surface area contributed by atoms with E-state index in [1.165, 1.54) is 24.3 Å². The van der Waals surface area contributed by atoms with Crippen LogP contribution in [0.4, 0.5) is 0 Å². The summed E-state index contributed by atoms with van der Waals surface area (Å²) in [5.41, 5.74) is 1.79. The third-order valence-corrected chi connectivity index (χ3v) is 2.62. The maximum absolute atomic E-state index is 11.4. The zero-order valence-electron chi connectivity index (χ0n) is 10.4. The molecule has 1 heterocycles. The van der Waals surface area contributed by atoms with E-state index in [9.17, 15) is 9.59 Å². The summed E-state index contributed by atoms with van der Waals surface area (Å²) in [6.45, 7) is 0.536. The van der Waals surface area contributed by atoms with Gasteiger partial charge in [-0.1, -0.05) is 36.4 Å². The molecule has 0 saturated heterocycles. The van der Waals surface area contributed by atoms with E-state index in [0.29, 0.717) is 6.61 Å². The van der Waals surface area contributed by atoms with E-state index in [1.54, 1.807) is 0 Å². The fraction of sp³-hybridized carbons (Fsp3) is 0.200. The molecule has 19 heavy (non-hydrogen) atoms. The number of hydrogen-bond donors (Lipinski definition) is 0. The number of hydrogen-bond acceptors (Lipinski definition) is 4. The molecule has 0 spiro atoms. The van der Waals surface area contributed by atoms with E-state index in [-0.39, 0.29) is 19.0 Å². The van der Waals surface area contributed by atoms with Crippen molar-refractivity contribution in [3.05, 3.63) is 59.7 Å². The molecule has 1 aromatic rings. The number of rotatable bonds is 0. The maximum atomic E-state index is 11.4. The van der Waals surface area contributed by atoms with Gasteiger partial charge in [-0.2, -0.15) is 0 Å². The predicted molar refractivity (Wildman–Crippen MR) is 69.2 cm³/mol. The van der Waals surface area contributed by atoms with Gasteiger partial charge in [0.1, 0.15) is 13.2 Å². The van der Waals surface area contributed by atoms with Crippen molar-refractivity contribution >= 4 is 11.8 Å². The molecule has 0 unspecified atom stereocenters. The number of ether oxygens (including phenoxy) is 2. The highest BCUT2D eigenvalue weighted by Crippen LogP contribution is 2.12. The lowest BCUT2D eigenvalue weighted by atomic mass is 10.1. The fourth-order valence-corrected chi connectivity index (χ4v) is 1.64. The molecule has 98 valence electrons. The molecule has 0 aromatic heterocycles. The van der Waals surface area contributed by atoms with Crippen LogP contribution in [-0.4, -0.2) is 18.4 Å². The average Bonchev–Trinajstić information content (AvgIpc) is 2.43. The van der Waals surface area contributed by atoms with Gasteiger partial charge in [-0.15, -0.1) is 0 Å². The Hall–Kier alpha value is -2.20. The van der Waals surface area contributed by atoms with Crippen LogP contribution in [0.5, 0.6) is 0 Å². The van der Waals surface area contributed by atoms with E-state index in [0.717, 1.165) is 11.1 Å². The number of carbonyl (C=O) groups is 2. The van der Waals surface area contributed by atoms with Crippen LogP contribution in [0.15, 0.2) is 48.6 Å². The summed E-state index contributed by atoms with van der Waals surface area (Å²) in [6.07, 6.45) is 5.63. The van der Waals surface area contributed by atoms with E-state index in [2.05, 4.69) is 0 Å². The lowest BCUT2D eigenvalue weighted by Gasteiger charge is -2.09. The molecule has 0 fully saturated rings. The first-order chi connectivity index (χ1) is 9.25. The number of ketones is 1. The number of benzene rings is 1. The number of allylic oxidation sites excluding steroid dienone is 2. The molecule has 0 bridgehead atoms. The van der Waals surface area contributed by atoms with Gasteiger partial charge in [0.15, 0.2) is 5.78 Å². The molecular formula is C15H14O4. The molecule has 0 amide bonds. The van der Waals surface area contributed by atoms with Crippen molar-refractivity contribution in [3.8, 4) is 0 Å². The van der Waals surface area contributed by atoms with Crippen molar-refractivity contribution in [1.82, 2.24) is 0 Å². The van der Waals surface area contributed by atoms with Gasteiger partial charge in [-0.25, -0.2) is 4.79 Å². The quantitative estimate of drug-likeness (QED) is 0.667. The highest BCUT2D eigenvalue weighted by Gasteiger charge is 2.06. The molecule has 1 aliphatic heterocycles. The Bertz CT molecular complexity index is 529. The predicted octanol–water partition coefficient (Wildman–Crippen LogP) is 1.94. The third-order valence-electron chi connectivity index (χ3n) is 2.62. The van der Waals surface area contributed by atoms with Crippen molar-refractivity contribution in [2.75, 3.05) is 6.61 Å². The highest BCUT2D eigenvalue weighted by atomic mass is 16.5. The molecule has 4 heteroatoms. The SMILES string of the molecule is O=C1/C=C\C=C/C(=O)OCc2ccccc2COC1. The molecule has 0 aliphatic carbocycles. The number of cyclic esters (lactones) is 1. The molecule has 0 atom stereocenters. The monoisotopic (exact) mass is 258 g/mol. The Balaban J connectivity index is 2.18. The van der Waals surface area contributed by atoms with Crippen molar-refractivity contribution in [3.63, 3.8) is 0 Å². The topological polar surface area (TPSA) is 52.6 Å². The summed E-state index contributed by atoms with van der Waals surface area (Å²) in [5.74, 6) is -0.582. The minimum Gasteiger partial charge on any atom is -0.458 e. The number of carbonyl (C=O) groups excluding carboxylic acids is 2. The van der Waals surface area contributed by atoms with Crippen molar-refractivity contribution in [1.29, 1.82) is 0 Å². The molecule has 4 nitrogen and oxygen atoms in total. The number of fused-ring (bicyclic) bond motifs is 1. The van der Waals surface area contributed by atoms with Crippen LogP contribution in [0.2, 0.25) is 0 Å². The zero-order valence-corrected chi connectivity index (χ0v) is 10.4. The van der Waals surface area contributed by atoms with Gasteiger partial charge in [-0.05, 0) is 17.2 Å². The van der Waals surface area contributed by atoms with E-state index >= 15 is 0 Å². The maximum Gasteiger partial charge on any atom is 0.331 e. The summed E-state index contributed by atoms with van der Waals surface area (Å²) < 4.78 is 10.5. The molecule has 0 saturated carbocycles. The molecule has 1 aliphatic rings. The standard InChI is InChI=1S/C15H14O4/c16-14-7-3-4-8-15(17)19-10-13-6-2-1-5-12(13)9-18-11-14/h1-8H,9-11H2/b7-3-,8-4-. The summed E-state index contributed by atoms with van der Waals surface area (Å²) in [5, 5.41) is 0. The normalized spacial score (nSPS) is 20.2. The molecule has 0 N–H and O–H groups in total. The Morgan fingerprint density at radius 2 is 1.53 bits per heavy atom. The van der Waals surface area contributed by atoms with Crippen molar-refractivity contribution in [2.24, 2.45) is 0 Å². The lowest BCUT2D eigenvalue weighted by Crippen LogP contribution is -2.07. The Labute approximate surface area is 111 Å². The van der Waals surface area contributed by atoms with Crippen LogP contribution >= 0.6 is 0 Å². The van der Waals surface area contributed by atoms with Gasteiger partial charge >= 0.3 is 5.97 Å². The van der Waals surface area contributed by atoms with Gasteiger partial charge in [0.05, 0.1) is 6.61 Å². The lowest BCUT2D eigenvalue weighted by molar-refractivity contribution is -0.139. The smallest absolute Gasteiger partial charge is 0.331 e. The summed E-state index contributed by atoms with van der Waals surface area (Å²) in [6, 6.07) is 7.51. The van der Waals surface area contributed by atoms with Gasteiger partial charge in [0.2, 0.25) is 0 Å². The first-order valence-electron chi connectivity index (χ1n) is 5.94. The van der Waals surface area contributed by atoms with Crippen LogP contribution in [0.3, 0.4) is 0 Å². The van der Waals surface area contributed by atoms with Crippen molar-refractivity contribution in [2.45, 2.75) is 13.2 Å². The Kier molecular flexibility index (Phi) is 4.64. The first kappa shape index (κ1) is 13.2. The Morgan fingerprint density at radius 3 is 2.32 bits per heavy atom. The van der Waals surface area contributed by atoms with E-state index in [4.69, 9.17) is 9.47 Å². The second-order valence-electron chi connectivity index (χ2n) is 4.05. The summed E-state index contributed by atoms with van der Waals surface area (Å²) in [7, 11) is 0. The average molecular weight is 258 g/mol. The van der Waals surface area contributed by atoms with Gasteiger partial charge < -0.3 is 9.47 Å². The first-order valence-corrected chi connectivity index (χ1v) is 5.94. The second-order valence-corrected chi connectivity index (χ2v) is 4.05. The summed E-state index contributed by atoms with van der Waals surface area (Å²) >= 11 is 0. The van der Waals surface area contributed by atoms with Crippen LogP contribution < -0.4 is 0 Å². The van der Waals surface area contributed by atoms with Gasteiger partial charge in [0, 0.05) is 6.08 Å².